The van der Waals surface area contributed by atoms with Crippen LogP contribution in [0.15, 0.2) is 34.4 Å². The summed E-state index contributed by atoms with van der Waals surface area (Å²) < 4.78 is 0. The van der Waals surface area contributed by atoms with Crippen molar-refractivity contribution in [2.24, 2.45) is 10.1 Å². The highest BCUT2D eigenvalue weighted by Gasteiger charge is 2.06. The van der Waals surface area contributed by atoms with E-state index >= 15 is 0 Å². The fourth-order valence-corrected chi connectivity index (χ4v) is 1.45. The lowest BCUT2D eigenvalue weighted by atomic mass is 10.1. The topological polar surface area (TPSA) is 57.0 Å². The van der Waals surface area contributed by atoms with E-state index in [1.807, 2.05) is 24.3 Å². The lowest BCUT2D eigenvalue weighted by Crippen LogP contribution is -2.15. The number of nitrogens with zero attached hydrogens (tertiary/aromatic N) is 2. The SMILES string of the molecule is CN=C(CCl)Nc1ccccc1/C(C)=N/O. The van der Waals surface area contributed by atoms with Crippen molar-refractivity contribution in [1.82, 2.24) is 0 Å². The second-order valence-electron chi connectivity index (χ2n) is 3.16. The molecular weight excluding hydrogens is 226 g/mol. The largest absolute Gasteiger partial charge is 0.411 e. The number of oxime groups is 1. The Morgan fingerprint density at radius 1 is 1.44 bits per heavy atom. The maximum Gasteiger partial charge on any atom is 0.115 e. The number of amidine groups is 1. The molecule has 0 saturated carbocycles. The van der Waals surface area contributed by atoms with Crippen molar-refractivity contribution in [3.8, 4) is 0 Å². The Balaban J connectivity index is 3.04. The minimum atomic E-state index is 0.306. The fourth-order valence-electron chi connectivity index (χ4n) is 1.27. The quantitative estimate of drug-likeness (QED) is 0.280. The molecule has 0 fully saturated rings. The molecule has 4 nitrogen and oxygen atoms in total. The standard InChI is InChI=1S/C11H14ClN3O/c1-8(15-16)9-5-3-4-6-10(9)14-11(7-12)13-2/h3-6,16H,7H2,1-2H3,(H,13,14)/b15-8+. The molecule has 1 rings (SSSR count). The van der Waals surface area contributed by atoms with Gasteiger partial charge in [0.05, 0.1) is 11.6 Å². The number of alkyl halides is 1. The third-order valence-electron chi connectivity index (χ3n) is 2.14. The van der Waals surface area contributed by atoms with Crippen LogP contribution in [0, 0.1) is 0 Å². The van der Waals surface area contributed by atoms with Crippen LogP contribution in [0.1, 0.15) is 12.5 Å². The Morgan fingerprint density at radius 2 is 2.12 bits per heavy atom. The summed E-state index contributed by atoms with van der Waals surface area (Å²) in [6, 6.07) is 7.50. The number of aliphatic imine (C=N–C) groups is 1. The van der Waals surface area contributed by atoms with E-state index in [2.05, 4.69) is 15.5 Å². The normalized spacial score (nSPS) is 12.7. The van der Waals surface area contributed by atoms with Crippen LogP contribution < -0.4 is 5.32 Å². The molecule has 0 atom stereocenters. The Labute approximate surface area is 99.6 Å². The summed E-state index contributed by atoms with van der Waals surface area (Å²) in [7, 11) is 1.67. The molecule has 0 unspecified atom stereocenters. The maximum absolute atomic E-state index is 8.77. The summed E-state index contributed by atoms with van der Waals surface area (Å²) in [5.74, 6) is 0.972. The smallest absolute Gasteiger partial charge is 0.115 e. The van der Waals surface area contributed by atoms with Gasteiger partial charge in [-0.2, -0.15) is 0 Å². The van der Waals surface area contributed by atoms with Gasteiger partial charge in [0.15, 0.2) is 0 Å². The predicted octanol–water partition coefficient (Wildman–Crippen LogP) is 2.56. The Bertz CT molecular complexity index is 415. The lowest BCUT2D eigenvalue weighted by Gasteiger charge is -2.11. The van der Waals surface area contributed by atoms with Crippen molar-refractivity contribution in [1.29, 1.82) is 0 Å². The number of hydrogen-bond acceptors (Lipinski definition) is 3. The van der Waals surface area contributed by atoms with E-state index in [1.165, 1.54) is 0 Å². The highest BCUT2D eigenvalue weighted by atomic mass is 35.5. The van der Waals surface area contributed by atoms with Crippen LogP contribution in [0.2, 0.25) is 0 Å². The van der Waals surface area contributed by atoms with Gasteiger partial charge >= 0.3 is 0 Å². The van der Waals surface area contributed by atoms with Gasteiger partial charge in [0.25, 0.3) is 0 Å². The minimum Gasteiger partial charge on any atom is -0.411 e. The van der Waals surface area contributed by atoms with Gasteiger partial charge in [-0.1, -0.05) is 23.4 Å². The van der Waals surface area contributed by atoms with Crippen molar-refractivity contribution in [2.75, 3.05) is 18.2 Å². The molecule has 0 aliphatic rings. The molecule has 0 aromatic heterocycles. The number of halogens is 1. The Hall–Kier alpha value is -1.55. The zero-order valence-corrected chi connectivity index (χ0v) is 9.99. The number of hydrogen-bond donors (Lipinski definition) is 2. The van der Waals surface area contributed by atoms with Crippen molar-refractivity contribution >= 4 is 28.8 Å². The predicted molar refractivity (Wildman–Crippen MR) is 68.1 cm³/mol. The van der Waals surface area contributed by atoms with Gasteiger partial charge in [-0.25, -0.2) is 0 Å². The molecule has 86 valence electrons. The first-order chi connectivity index (χ1) is 7.72. The third-order valence-corrected chi connectivity index (χ3v) is 2.40. The molecule has 0 aliphatic heterocycles. The van der Waals surface area contributed by atoms with Crippen LogP contribution in [0.25, 0.3) is 0 Å². The molecule has 0 heterocycles. The molecule has 0 bridgehead atoms. The lowest BCUT2D eigenvalue weighted by molar-refractivity contribution is 0.319. The molecule has 1 aromatic rings. The molecule has 0 spiro atoms. The number of anilines is 1. The van der Waals surface area contributed by atoms with Crippen molar-refractivity contribution in [3.63, 3.8) is 0 Å². The monoisotopic (exact) mass is 239 g/mol. The highest BCUT2D eigenvalue weighted by Crippen LogP contribution is 2.16. The Morgan fingerprint density at radius 3 is 2.69 bits per heavy atom. The Kier molecular flexibility index (Phi) is 4.79. The number of nitrogens with one attached hydrogen (secondary N) is 1. The van der Waals surface area contributed by atoms with Gasteiger partial charge in [0.2, 0.25) is 0 Å². The molecule has 1 aromatic carbocycles. The summed E-state index contributed by atoms with van der Waals surface area (Å²) in [5.41, 5.74) is 2.17. The van der Waals surface area contributed by atoms with E-state index in [4.69, 9.17) is 16.8 Å². The first-order valence-electron chi connectivity index (χ1n) is 4.79. The van der Waals surface area contributed by atoms with Crippen LogP contribution >= 0.6 is 11.6 Å². The molecule has 16 heavy (non-hydrogen) atoms. The van der Waals surface area contributed by atoms with Gasteiger partial charge in [0.1, 0.15) is 5.84 Å². The molecular formula is C11H14ClN3O. The minimum absolute atomic E-state index is 0.306. The maximum atomic E-state index is 8.77. The molecule has 0 saturated heterocycles. The van der Waals surface area contributed by atoms with Crippen molar-refractivity contribution < 1.29 is 5.21 Å². The number of rotatable bonds is 3. The van der Waals surface area contributed by atoms with Crippen LogP contribution in [0.5, 0.6) is 0 Å². The highest BCUT2D eigenvalue weighted by molar-refractivity contribution is 6.30. The summed E-state index contributed by atoms with van der Waals surface area (Å²) in [6.07, 6.45) is 0. The average Bonchev–Trinajstić information content (AvgIpc) is 2.35. The van der Waals surface area contributed by atoms with E-state index < -0.39 is 0 Å². The van der Waals surface area contributed by atoms with Crippen LogP contribution in [0.4, 0.5) is 5.69 Å². The van der Waals surface area contributed by atoms with Gasteiger partial charge in [-0.05, 0) is 13.0 Å². The van der Waals surface area contributed by atoms with Gasteiger partial charge < -0.3 is 10.5 Å². The molecule has 5 heteroatoms. The first kappa shape index (κ1) is 12.5. The fraction of sp³-hybridized carbons (Fsp3) is 0.273. The second-order valence-corrected chi connectivity index (χ2v) is 3.43. The zero-order chi connectivity index (χ0) is 12.0. The van der Waals surface area contributed by atoms with Crippen molar-refractivity contribution in [3.05, 3.63) is 29.8 Å². The average molecular weight is 240 g/mol. The van der Waals surface area contributed by atoms with Gasteiger partial charge in [0, 0.05) is 18.3 Å². The van der Waals surface area contributed by atoms with Crippen LogP contribution in [-0.4, -0.2) is 29.7 Å². The van der Waals surface area contributed by atoms with E-state index in [0.717, 1.165) is 11.3 Å². The number of para-hydroxylation sites is 1. The van der Waals surface area contributed by atoms with E-state index in [0.29, 0.717) is 17.4 Å². The van der Waals surface area contributed by atoms with Crippen LogP contribution in [0.3, 0.4) is 0 Å². The third kappa shape index (κ3) is 2.97. The molecule has 0 radical (unpaired) electrons. The van der Waals surface area contributed by atoms with E-state index in [1.54, 1.807) is 14.0 Å². The molecule has 2 N–H and O–H groups in total. The van der Waals surface area contributed by atoms with Crippen molar-refractivity contribution in [2.45, 2.75) is 6.92 Å². The summed E-state index contributed by atoms with van der Waals surface area (Å²) in [6.45, 7) is 1.73. The zero-order valence-electron chi connectivity index (χ0n) is 9.24. The van der Waals surface area contributed by atoms with E-state index in [-0.39, 0.29) is 0 Å². The number of benzene rings is 1. The molecule has 0 amide bonds. The first-order valence-corrected chi connectivity index (χ1v) is 5.33. The second kappa shape index (κ2) is 6.12. The van der Waals surface area contributed by atoms with E-state index in [9.17, 15) is 0 Å². The summed E-state index contributed by atoms with van der Waals surface area (Å²) in [5, 5.41) is 15.0. The van der Waals surface area contributed by atoms with Gasteiger partial charge in [-0.15, -0.1) is 11.6 Å². The van der Waals surface area contributed by atoms with Crippen LogP contribution in [-0.2, 0) is 0 Å². The van der Waals surface area contributed by atoms with Gasteiger partial charge in [-0.3, -0.25) is 4.99 Å². The summed E-state index contributed by atoms with van der Waals surface area (Å²) in [4.78, 5) is 4.00. The summed E-state index contributed by atoms with van der Waals surface area (Å²) >= 11 is 5.71. The molecule has 0 aliphatic carbocycles.